The third-order valence-electron chi connectivity index (χ3n) is 3.69. The van der Waals surface area contributed by atoms with E-state index in [4.69, 9.17) is 0 Å². The maximum Gasteiger partial charge on any atom is 0.288 e. The van der Waals surface area contributed by atoms with Gasteiger partial charge in [-0.15, -0.1) is 0 Å². The van der Waals surface area contributed by atoms with E-state index in [2.05, 4.69) is 39.5 Å². The maximum atomic E-state index is 11.8. The van der Waals surface area contributed by atoms with E-state index in [1.807, 2.05) is 0 Å². The average molecular weight is 237 g/mol. The van der Waals surface area contributed by atoms with E-state index < -0.39 is 0 Å². The van der Waals surface area contributed by atoms with Gasteiger partial charge in [0, 0.05) is 12.1 Å². The summed E-state index contributed by atoms with van der Waals surface area (Å²) in [5.74, 6) is 0.0903. The minimum atomic E-state index is -0.185. The zero-order valence-corrected chi connectivity index (χ0v) is 10.4. The maximum absolute atomic E-state index is 11.8. The number of carbonyl (C=O) groups is 1. The fraction of sp³-hybridized carbons (Fsp3) is 0.727. The van der Waals surface area contributed by atoms with Crippen molar-refractivity contribution in [2.24, 2.45) is 0 Å². The molecule has 0 saturated heterocycles. The monoisotopic (exact) mass is 237 g/mol. The predicted molar refractivity (Wildman–Crippen MR) is 63.6 cm³/mol. The molecule has 17 heavy (non-hydrogen) atoms. The number of aromatic amines is 1. The van der Waals surface area contributed by atoms with Gasteiger partial charge in [-0.1, -0.05) is 12.8 Å². The zero-order valence-electron chi connectivity index (χ0n) is 10.4. The number of nitrogens with one attached hydrogen (secondary N) is 2. The molecule has 1 aliphatic carbocycles. The first-order valence-corrected chi connectivity index (χ1v) is 5.95. The Kier molecular flexibility index (Phi) is 3.42. The van der Waals surface area contributed by atoms with Crippen molar-refractivity contribution in [1.82, 2.24) is 25.4 Å². The van der Waals surface area contributed by atoms with Gasteiger partial charge in [0.05, 0.1) is 0 Å². The smallest absolute Gasteiger partial charge is 0.288 e. The summed E-state index contributed by atoms with van der Waals surface area (Å²) in [6, 6.07) is 0. The molecule has 1 aromatic heterocycles. The van der Waals surface area contributed by atoms with Gasteiger partial charge in [-0.3, -0.25) is 9.89 Å². The van der Waals surface area contributed by atoms with E-state index in [-0.39, 0.29) is 17.3 Å². The highest BCUT2D eigenvalue weighted by molar-refractivity contribution is 5.90. The molecular formula is C11H19N5O. The normalized spacial score (nSPS) is 18.5. The largest absolute Gasteiger partial charge is 0.347 e. The molecule has 1 saturated carbocycles. The van der Waals surface area contributed by atoms with Crippen LogP contribution < -0.4 is 5.32 Å². The number of hydrogen-bond donors (Lipinski definition) is 2. The molecule has 0 aliphatic heterocycles. The molecule has 0 bridgehead atoms. The van der Waals surface area contributed by atoms with Crippen LogP contribution in [-0.4, -0.2) is 52.2 Å². The van der Waals surface area contributed by atoms with Crippen LogP contribution in [-0.2, 0) is 0 Å². The third-order valence-corrected chi connectivity index (χ3v) is 3.69. The topological polar surface area (TPSA) is 73.9 Å². The van der Waals surface area contributed by atoms with Gasteiger partial charge in [0.25, 0.3) is 5.91 Å². The van der Waals surface area contributed by atoms with Crippen LogP contribution in [0.1, 0.15) is 36.3 Å². The molecule has 1 aromatic rings. The Morgan fingerprint density at radius 1 is 1.53 bits per heavy atom. The molecule has 1 fully saturated rings. The van der Waals surface area contributed by atoms with Gasteiger partial charge in [-0.05, 0) is 26.9 Å². The lowest BCUT2D eigenvalue weighted by Crippen LogP contribution is -2.50. The van der Waals surface area contributed by atoms with E-state index >= 15 is 0 Å². The van der Waals surface area contributed by atoms with Gasteiger partial charge in [0.1, 0.15) is 6.33 Å². The van der Waals surface area contributed by atoms with Gasteiger partial charge >= 0.3 is 0 Å². The summed E-state index contributed by atoms with van der Waals surface area (Å²) in [5, 5.41) is 9.17. The third kappa shape index (κ3) is 2.46. The van der Waals surface area contributed by atoms with Crippen LogP contribution in [0.15, 0.2) is 6.33 Å². The van der Waals surface area contributed by atoms with Crippen molar-refractivity contribution >= 4 is 5.91 Å². The lowest BCUT2D eigenvalue weighted by atomic mass is 9.96. The second-order valence-corrected chi connectivity index (χ2v) is 4.84. The number of nitrogens with zero attached hydrogens (tertiary/aromatic N) is 3. The lowest BCUT2D eigenvalue weighted by molar-refractivity contribution is 0.0890. The quantitative estimate of drug-likeness (QED) is 0.795. The van der Waals surface area contributed by atoms with E-state index in [0.29, 0.717) is 6.54 Å². The Labute approximate surface area is 101 Å². The molecule has 0 unspecified atom stereocenters. The molecule has 0 spiro atoms. The van der Waals surface area contributed by atoms with Crippen LogP contribution in [0.5, 0.6) is 0 Å². The molecule has 2 N–H and O–H groups in total. The number of H-pyrrole nitrogens is 1. The molecule has 6 heteroatoms. The molecule has 1 heterocycles. The molecule has 1 amide bonds. The van der Waals surface area contributed by atoms with Crippen LogP contribution in [0, 0.1) is 0 Å². The highest BCUT2D eigenvalue weighted by Gasteiger charge is 2.36. The Morgan fingerprint density at radius 2 is 2.24 bits per heavy atom. The van der Waals surface area contributed by atoms with Crippen molar-refractivity contribution < 1.29 is 4.79 Å². The van der Waals surface area contributed by atoms with E-state index in [9.17, 15) is 4.79 Å². The summed E-state index contributed by atoms with van der Waals surface area (Å²) in [4.78, 5) is 17.8. The van der Waals surface area contributed by atoms with Crippen molar-refractivity contribution in [2.45, 2.75) is 31.2 Å². The number of likely N-dealkylation sites (N-methyl/N-ethyl adjacent to an activating group) is 1. The molecular weight excluding hydrogens is 218 g/mol. The van der Waals surface area contributed by atoms with Gasteiger partial charge in [0.15, 0.2) is 0 Å². The summed E-state index contributed by atoms with van der Waals surface area (Å²) in [6.45, 7) is 0.666. The first-order chi connectivity index (χ1) is 8.14. The van der Waals surface area contributed by atoms with E-state index in [1.165, 1.54) is 19.2 Å². The van der Waals surface area contributed by atoms with E-state index in [0.717, 1.165) is 12.8 Å². The second kappa shape index (κ2) is 4.83. The molecule has 0 radical (unpaired) electrons. The fourth-order valence-corrected chi connectivity index (χ4v) is 2.46. The first kappa shape index (κ1) is 12.0. The van der Waals surface area contributed by atoms with Gasteiger partial charge < -0.3 is 10.2 Å². The molecule has 94 valence electrons. The van der Waals surface area contributed by atoms with Crippen LogP contribution in [0.3, 0.4) is 0 Å². The van der Waals surface area contributed by atoms with Crippen molar-refractivity contribution in [2.75, 3.05) is 20.6 Å². The number of aromatic nitrogens is 3. The Hall–Kier alpha value is -1.43. The second-order valence-electron chi connectivity index (χ2n) is 4.84. The van der Waals surface area contributed by atoms with Crippen molar-refractivity contribution in [1.29, 1.82) is 0 Å². The molecule has 0 aromatic carbocycles. The lowest BCUT2D eigenvalue weighted by Gasteiger charge is -2.36. The number of hydrogen-bond acceptors (Lipinski definition) is 4. The van der Waals surface area contributed by atoms with Gasteiger partial charge in [-0.2, -0.15) is 5.10 Å². The molecule has 1 aliphatic rings. The van der Waals surface area contributed by atoms with Crippen LogP contribution in [0.25, 0.3) is 0 Å². The predicted octanol–water partition coefficient (Wildman–Crippen LogP) is 0.409. The summed E-state index contributed by atoms with van der Waals surface area (Å²) < 4.78 is 0. The van der Waals surface area contributed by atoms with Crippen molar-refractivity contribution in [3.8, 4) is 0 Å². The minimum absolute atomic E-state index is 0.107. The molecule has 2 rings (SSSR count). The summed E-state index contributed by atoms with van der Waals surface area (Å²) in [6.07, 6.45) is 6.08. The summed E-state index contributed by atoms with van der Waals surface area (Å²) in [7, 11) is 4.15. The Morgan fingerprint density at radius 3 is 2.76 bits per heavy atom. The molecule has 6 nitrogen and oxygen atoms in total. The van der Waals surface area contributed by atoms with Crippen LogP contribution >= 0.6 is 0 Å². The molecule has 0 atom stereocenters. The number of amides is 1. The SMILES string of the molecule is CN(C)C1(CNC(=O)c2ncn[nH]2)CCCC1. The zero-order chi connectivity index (χ0) is 12.3. The van der Waals surface area contributed by atoms with Crippen LogP contribution in [0.4, 0.5) is 0 Å². The summed E-state index contributed by atoms with van der Waals surface area (Å²) in [5.41, 5.74) is 0.107. The van der Waals surface area contributed by atoms with Crippen molar-refractivity contribution in [3.63, 3.8) is 0 Å². The van der Waals surface area contributed by atoms with Gasteiger partial charge in [-0.25, -0.2) is 4.98 Å². The van der Waals surface area contributed by atoms with Crippen molar-refractivity contribution in [3.05, 3.63) is 12.2 Å². The summed E-state index contributed by atoms with van der Waals surface area (Å²) >= 11 is 0. The Bertz CT molecular complexity index is 367. The first-order valence-electron chi connectivity index (χ1n) is 5.95. The number of rotatable bonds is 4. The van der Waals surface area contributed by atoms with E-state index in [1.54, 1.807) is 0 Å². The van der Waals surface area contributed by atoms with Crippen LogP contribution in [0.2, 0.25) is 0 Å². The average Bonchev–Trinajstić information content (AvgIpc) is 2.97. The fourth-order valence-electron chi connectivity index (χ4n) is 2.46. The standard InChI is InChI=1S/C11H19N5O/c1-16(2)11(5-3-4-6-11)7-12-10(17)9-13-8-14-15-9/h8H,3-7H2,1-2H3,(H,12,17)(H,13,14,15). The van der Waals surface area contributed by atoms with Gasteiger partial charge in [0.2, 0.25) is 5.82 Å². The highest BCUT2D eigenvalue weighted by atomic mass is 16.2. The Balaban J connectivity index is 1.94. The number of carbonyl (C=O) groups excluding carboxylic acids is 1. The minimum Gasteiger partial charge on any atom is -0.347 e. The highest BCUT2D eigenvalue weighted by Crippen LogP contribution is 2.33.